The quantitative estimate of drug-likeness (QED) is 0.861. The molecule has 112 valence electrons. The Morgan fingerprint density at radius 2 is 1.95 bits per heavy atom. The van der Waals surface area contributed by atoms with Crippen molar-refractivity contribution in [3.63, 3.8) is 0 Å². The summed E-state index contributed by atoms with van der Waals surface area (Å²) in [5.41, 5.74) is 3.45. The first-order chi connectivity index (χ1) is 10.1. The number of pyridine rings is 1. The second kappa shape index (κ2) is 7.23. The van der Waals surface area contributed by atoms with Crippen molar-refractivity contribution in [1.82, 2.24) is 10.3 Å². The van der Waals surface area contributed by atoms with Gasteiger partial charge in [-0.25, -0.2) is 0 Å². The normalized spacial score (nSPS) is 10.9. The summed E-state index contributed by atoms with van der Waals surface area (Å²) in [6.07, 6.45) is 3.59. The number of aromatic nitrogens is 1. The molecule has 0 amide bonds. The molecule has 0 saturated heterocycles. The van der Waals surface area contributed by atoms with Crippen molar-refractivity contribution in [2.75, 3.05) is 6.54 Å². The molecule has 0 saturated carbocycles. The number of rotatable bonds is 6. The highest BCUT2D eigenvalue weighted by Crippen LogP contribution is 2.28. The summed E-state index contributed by atoms with van der Waals surface area (Å²) < 4.78 is 6.08. The van der Waals surface area contributed by atoms with E-state index < -0.39 is 0 Å². The number of aryl methyl sites for hydroxylation is 2. The Balaban J connectivity index is 2.14. The standard InChI is InChI=1S/C18H24N2O/c1-13(2)10-20-11-16-7-8-19-12-18(16)21-17-9-14(3)5-6-15(17)4/h5-9,12-13,20H,10-11H2,1-4H3. The molecule has 21 heavy (non-hydrogen) atoms. The van der Waals surface area contributed by atoms with Crippen molar-refractivity contribution >= 4 is 0 Å². The van der Waals surface area contributed by atoms with Crippen LogP contribution in [-0.2, 0) is 6.54 Å². The molecule has 0 atom stereocenters. The predicted molar refractivity (Wildman–Crippen MR) is 86.8 cm³/mol. The van der Waals surface area contributed by atoms with Gasteiger partial charge in [0.2, 0.25) is 0 Å². The third-order valence-corrected chi connectivity index (χ3v) is 3.30. The van der Waals surface area contributed by atoms with Gasteiger partial charge in [-0.15, -0.1) is 0 Å². The number of nitrogens with zero attached hydrogens (tertiary/aromatic N) is 1. The Morgan fingerprint density at radius 3 is 2.71 bits per heavy atom. The lowest BCUT2D eigenvalue weighted by atomic mass is 10.1. The van der Waals surface area contributed by atoms with E-state index >= 15 is 0 Å². The highest BCUT2D eigenvalue weighted by molar-refractivity contribution is 5.41. The molecule has 1 N–H and O–H groups in total. The molecule has 0 aliphatic rings. The first kappa shape index (κ1) is 15.5. The summed E-state index contributed by atoms with van der Waals surface area (Å²) in [6, 6.07) is 8.25. The monoisotopic (exact) mass is 284 g/mol. The number of benzene rings is 1. The Hall–Kier alpha value is -1.87. The third kappa shape index (κ3) is 4.57. The molecule has 0 radical (unpaired) electrons. The van der Waals surface area contributed by atoms with Crippen LogP contribution in [0.2, 0.25) is 0 Å². The van der Waals surface area contributed by atoms with Crippen molar-refractivity contribution in [3.8, 4) is 11.5 Å². The molecule has 0 aliphatic carbocycles. The second-order valence-electron chi connectivity index (χ2n) is 5.88. The average molecular weight is 284 g/mol. The summed E-state index contributed by atoms with van der Waals surface area (Å²) in [4.78, 5) is 4.18. The van der Waals surface area contributed by atoms with Gasteiger partial charge in [0.1, 0.15) is 11.5 Å². The van der Waals surface area contributed by atoms with Crippen molar-refractivity contribution in [1.29, 1.82) is 0 Å². The lowest BCUT2D eigenvalue weighted by Crippen LogP contribution is -2.19. The number of hydrogen-bond acceptors (Lipinski definition) is 3. The molecule has 1 aromatic heterocycles. The van der Waals surface area contributed by atoms with Crippen LogP contribution in [0, 0.1) is 19.8 Å². The maximum absolute atomic E-state index is 6.08. The van der Waals surface area contributed by atoms with E-state index in [2.05, 4.69) is 56.2 Å². The summed E-state index contributed by atoms with van der Waals surface area (Å²) >= 11 is 0. The van der Waals surface area contributed by atoms with Gasteiger partial charge in [-0.2, -0.15) is 0 Å². The summed E-state index contributed by atoms with van der Waals surface area (Å²) in [5.74, 6) is 2.35. The smallest absolute Gasteiger partial charge is 0.150 e. The molecule has 0 bridgehead atoms. The summed E-state index contributed by atoms with van der Waals surface area (Å²) in [6.45, 7) is 10.3. The van der Waals surface area contributed by atoms with Crippen LogP contribution in [0.5, 0.6) is 11.5 Å². The van der Waals surface area contributed by atoms with Crippen LogP contribution in [0.15, 0.2) is 36.7 Å². The zero-order valence-corrected chi connectivity index (χ0v) is 13.3. The second-order valence-corrected chi connectivity index (χ2v) is 5.88. The first-order valence-electron chi connectivity index (χ1n) is 7.45. The van der Waals surface area contributed by atoms with Crippen LogP contribution in [0.3, 0.4) is 0 Å². The van der Waals surface area contributed by atoms with Crippen molar-refractivity contribution in [2.24, 2.45) is 5.92 Å². The van der Waals surface area contributed by atoms with Gasteiger partial charge in [0.05, 0.1) is 6.20 Å². The van der Waals surface area contributed by atoms with E-state index in [0.29, 0.717) is 5.92 Å². The van der Waals surface area contributed by atoms with Crippen LogP contribution in [0.1, 0.15) is 30.5 Å². The van der Waals surface area contributed by atoms with Crippen LogP contribution in [0.25, 0.3) is 0 Å². The fraction of sp³-hybridized carbons (Fsp3) is 0.389. The summed E-state index contributed by atoms with van der Waals surface area (Å²) in [7, 11) is 0. The van der Waals surface area contributed by atoms with Gasteiger partial charge >= 0.3 is 0 Å². The zero-order chi connectivity index (χ0) is 15.2. The molecule has 3 nitrogen and oxygen atoms in total. The van der Waals surface area contributed by atoms with Crippen LogP contribution >= 0.6 is 0 Å². The lowest BCUT2D eigenvalue weighted by molar-refractivity contribution is 0.463. The van der Waals surface area contributed by atoms with Gasteiger partial charge in [-0.05, 0) is 49.6 Å². The molecule has 0 spiro atoms. The van der Waals surface area contributed by atoms with Crippen molar-refractivity contribution < 1.29 is 4.74 Å². The minimum atomic E-state index is 0.634. The first-order valence-corrected chi connectivity index (χ1v) is 7.45. The highest BCUT2D eigenvalue weighted by Gasteiger charge is 2.07. The molecule has 1 heterocycles. The fourth-order valence-electron chi connectivity index (χ4n) is 2.08. The molecule has 2 aromatic rings. The SMILES string of the molecule is Cc1ccc(C)c(Oc2cnccc2CNCC(C)C)c1. The number of ether oxygens (including phenoxy) is 1. The molecular weight excluding hydrogens is 260 g/mol. The van der Waals surface area contributed by atoms with Gasteiger partial charge in [0, 0.05) is 18.3 Å². The molecule has 1 aromatic carbocycles. The van der Waals surface area contributed by atoms with Crippen molar-refractivity contribution in [3.05, 3.63) is 53.3 Å². The maximum atomic E-state index is 6.08. The fourth-order valence-corrected chi connectivity index (χ4v) is 2.08. The van der Waals surface area contributed by atoms with Gasteiger partial charge in [0.15, 0.2) is 0 Å². The topological polar surface area (TPSA) is 34.1 Å². The van der Waals surface area contributed by atoms with E-state index in [9.17, 15) is 0 Å². The summed E-state index contributed by atoms with van der Waals surface area (Å²) in [5, 5.41) is 3.45. The molecule has 2 rings (SSSR count). The molecule has 3 heteroatoms. The molecular formula is C18H24N2O. The van der Waals surface area contributed by atoms with Crippen LogP contribution in [0.4, 0.5) is 0 Å². The van der Waals surface area contributed by atoms with E-state index in [0.717, 1.165) is 35.7 Å². The van der Waals surface area contributed by atoms with Crippen molar-refractivity contribution in [2.45, 2.75) is 34.2 Å². The Morgan fingerprint density at radius 1 is 1.14 bits per heavy atom. The van der Waals surface area contributed by atoms with Gasteiger partial charge < -0.3 is 10.1 Å². The number of hydrogen-bond donors (Lipinski definition) is 1. The number of nitrogens with one attached hydrogen (secondary N) is 1. The van der Waals surface area contributed by atoms with Gasteiger partial charge in [-0.1, -0.05) is 26.0 Å². The Labute approximate surface area is 127 Å². The highest BCUT2D eigenvalue weighted by atomic mass is 16.5. The van der Waals surface area contributed by atoms with Crippen LogP contribution < -0.4 is 10.1 Å². The van der Waals surface area contributed by atoms with E-state index in [1.165, 1.54) is 5.56 Å². The zero-order valence-electron chi connectivity index (χ0n) is 13.3. The molecule has 0 unspecified atom stereocenters. The van der Waals surface area contributed by atoms with Crippen LogP contribution in [-0.4, -0.2) is 11.5 Å². The average Bonchev–Trinajstić information content (AvgIpc) is 2.44. The predicted octanol–water partition coefficient (Wildman–Crippen LogP) is 4.24. The Kier molecular flexibility index (Phi) is 5.34. The third-order valence-electron chi connectivity index (χ3n) is 3.30. The van der Waals surface area contributed by atoms with E-state index in [1.807, 2.05) is 12.3 Å². The molecule has 0 fully saturated rings. The van der Waals surface area contributed by atoms with E-state index in [4.69, 9.17) is 4.74 Å². The minimum absolute atomic E-state index is 0.634. The van der Waals surface area contributed by atoms with E-state index in [1.54, 1.807) is 6.20 Å². The van der Waals surface area contributed by atoms with Gasteiger partial charge in [-0.3, -0.25) is 4.98 Å². The maximum Gasteiger partial charge on any atom is 0.150 e. The van der Waals surface area contributed by atoms with E-state index in [-0.39, 0.29) is 0 Å². The Bertz CT molecular complexity index is 594. The largest absolute Gasteiger partial charge is 0.455 e. The molecule has 0 aliphatic heterocycles. The lowest BCUT2D eigenvalue weighted by Gasteiger charge is -2.14. The van der Waals surface area contributed by atoms with Gasteiger partial charge in [0.25, 0.3) is 0 Å². The minimum Gasteiger partial charge on any atom is -0.455 e.